The van der Waals surface area contributed by atoms with Gasteiger partial charge in [0.1, 0.15) is 10.5 Å². The smallest absolute Gasteiger partial charge is 0.306 e. The largest absolute Gasteiger partial charge is 0.466 e. The summed E-state index contributed by atoms with van der Waals surface area (Å²) in [4.78, 5) is 30.4. The van der Waals surface area contributed by atoms with Crippen molar-refractivity contribution in [3.63, 3.8) is 0 Å². The van der Waals surface area contributed by atoms with E-state index >= 15 is 0 Å². The third-order valence-electron chi connectivity index (χ3n) is 4.81. The van der Waals surface area contributed by atoms with E-state index in [-0.39, 0.29) is 37.4 Å². The van der Waals surface area contributed by atoms with Crippen LogP contribution in [0.4, 0.5) is 14.5 Å². The number of amides is 1. The fourth-order valence-corrected chi connectivity index (χ4v) is 4.08. The summed E-state index contributed by atoms with van der Waals surface area (Å²) in [6.07, 6.45) is -0.0639. The number of carbonyl (C=O) groups is 2. The maximum absolute atomic E-state index is 14.1. The van der Waals surface area contributed by atoms with Crippen molar-refractivity contribution in [3.8, 4) is 0 Å². The lowest BCUT2D eigenvalue weighted by Crippen LogP contribution is -2.30. The molecule has 2 aromatic carbocycles. The van der Waals surface area contributed by atoms with E-state index in [9.17, 15) is 18.4 Å². The predicted octanol–water partition coefficient (Wildman–Crippen LogP) is 5.57. The number of ether oxygens (including phenoxy) is 1. The molecule has 0 bridgehead atoms. The lowest BCUT2D eigenvalue weighted by Gasteiger charge is -2.22. The van der Waals surface area contributed by atoms with Crippen LogP contribution in [0.2, 0.25) is 0 Å². The number of anilines is 1. The Hall–Kier alpha value is -2.87. The lowest BCUT2D eigenvalue weighted by atomic mass is 10.0. The van der Waals surface area contributed by atoms with Gasteiger partial charge in [-0.1, -0.05) is 26.0 Å². The van der Waals surface area contributed by atoms with E-state index < -0.39 is 17.6 Å². The third kappa shape index (κ3) is 5.44. The highest BCUT2D eigenvalue weighted by atomic mass is 32.1. The van der Waals surface area contributed by atoms with Crippen LogP contribution in [0.25, 0.3) is 10.2 Å². The van der Waals surface area contributed by atoms with Crippen molar-refractivity contribution in [1.82, 2.24) is 4.98 Å². The van der Waals surface area contributed by atoms with Gasteiger partial charge in [-0.25, -0.2) is 13.8 Å². The first-order valence-electron chi connectivity index (χ1n) is 10.1. The molecule has 0 spiro atoms. The number of fused-ring (bicyclic) bond motifs is 1. The Morgan fingerprint density at radius 3 is 2.45 bits per heavy atom. The van der Waals surface area contributed by atoms with Crippen molar-refractivity contribution in [2.45, 2.75) is 46.1 Å². The van der Waals surface area contributed by atoms with Crippen molar-refractivity contribution in [1.29, 1.82) is 0 Å². The molecule has 0 atom stereocenters. The molecule has 0 aliphatic rings. The summed E-state index contributed by atoms with van der Waals surface area (Å²) < 4.78 is 33.0. The first-order valence-corrected chi connectivity index (χ1v) is 10.9. The number of hydrogen-bond donors (Lipinski definition) is 0. The molecule has 0 N–H and O–H groups in total. The number of carbonyl (C=O) groups excluding carboxylic acids is 2. The predicted molar refractivity (Wildman–Crippen MR) is 117 cm³/mol. The van der Waals surface area contributed by atoms with E-state index in [0.717, 1.165) is 11.6 Å². The molecule has 0 saturated carbocycles. The van der Waals surface area contributed by atoms with Gasteiger partial charge < -0.3 is 9.64 Å². The summed E-state index contributed by atoms with van der Waals surface area (Å²) in [5.74, 6) is -2.35. The monoisotopic (exact) mass is 446 g/mol. The molecule has 5 nitrogen and oxygen atoms in total. The molecule has 0 aliphatic carbocycles. The molecule has 0 fully saturated rings. The van der Waals surface area contributed by atoms with E-state index in [2.05, 4.69) is 18.8 Å². The van der Waals surface area contributed by atoms with Gasteiger partial charge in [0.2, 0.25) is 5.91 Å². The molecule has 0 unspecified atom stereocenters. The van der Waals surface area contributed by atoms with Gasteiger partial charge in [-0.05, 0) is 42.7 Å². The van der Waals surface area contributed by atoms with Crippen LogP contribution in [0.1, 0.15) is 50.1 Å². The number of benzene rings is 2. The zero-order chi connectivity index (χ0) is 22.5. The summed E-state index contributed by atoms with van der Waals surface area (Å²) in [5.41, 5.74) is 1.72. The Morgan fingerprint density at radius 1 is 1.10 bits per heavy atom. The van der Waals surface area contributed by atoms with Crippen LogP contribution in [0.15, 0.2) is 36.4 Å². The fraction of sp³-hybridized carbons (Fsp3) is 0.348. The van der Waals surface area contributed by atoms with Gasteiger partial charge in [0.25, 0.3) is 0 Å². The normalized spacial score (nSPS) is 11.2. The molecule has 164 valence electrons. The molecule has 0 radical (unpaired) electrons. The van der Waals surface area contributed by atoms with Crippen molar-refractivity contribution < 1.29 is 23.1 Å². The third-order valence-corrected chi connectivity index (χ3v) is 5.82. The van der Waals surface area contributed by atoms with Gasteiger partial charge in [0.05, 0.1) is 24.3 Å². The topological polar surface area (TPSA) is 59.5 Å². The summed E-state index contributed by atoms with van der Waals surface area (Å²) in [6.45, 7) is 6.19. The Morgan fingerprint density at radius 2 is 1.81 bits per heavy atom. The Bertz CT molecular complexity index is 1080. The number of thiazole rings is 1. The van der Waals surface area contributed by atoms with Gasteiger partial charge >= 0.3 is 5.97 Å². The standard InChI is InChI=1S/C23H24F2N2O3S/c1-4-30-21(29)12-11-20(28)27(16-7-5-15(6-8-16)14(2)3)13-19-26-23-18(31-19)10-9-17(24)22(23)25/h5-10,14H,4,11-13H2,1-3H3. The highest BCUT2D eigenvalue weighted by Gasteiger charge is 2.21. The molecule has 8 heteroatoms. The number of hydrogen-bond acceptors (Lipinski definition) is 5. The highest BCUT2D eigenvalue weighted by molar-refractivity contribution is 7.18. The molecule has 3 rings (SSSR count). The Balaban J connectivity index is 1.88. The van der Waals surface area contributed by atoms with E-state index in [4.69, 9.17) is 4.74 Å². The summed E-state index contributed by atoms with van der Waals surface area (Å²) in [5, 5.41) is 0.469. The van der Waals surface area contributed by atoms with Crippen LogP contribution in [-0.4, -0.2) is 23.5 Å². The molecule has 0 aliphatic heterocycles. The van der Waals surface area contributed by atoms with Crippen LogP contribution < -0.4 is 4.90 Å². The second-order valence-corrected chi connectivity index (χ2v) is 8.46. The number of esters is 1. The number of aromatic nitrogens is 1. The molecule has 1 heterocycles. The minimum atomic E-state index is -0.999. The van der Waals surface area contributed by atoms with E-state index in [1.54, 1.807) is 6.92 Å². The second-order valence-electron chi connectivity index (χ2n) is 7.35. The Labute approximate surface area is 183 Å². The molecule has 0 saturated heterocycles. The van der Waals surface area contributed by atoms with Crippen molar-refractivity contribution in [2.75, 3.05) is 11.5 Å². The number of nitrogens with zero attached hydrogens (tertiary/aromatic N) is 2. The van der Waals surface area contributed by atoms with Gasteiger partial charge in [-0.3, -0.25) is 9.59 Å². The number of halogens is 2. The van der Waals surface area contributed by atoms with Crippen molar-refractivity contribution >= 4 is 39.1 Å². The van der Waals surface area contributed by atoms with Gasteiger partial charge in [0, 0.05) is 12.1 Å². The molecule has 31 heavy (non-hydrogen) atoms. The maximum Gasteiger partial charge on any atom is 0.306 e. The first-order chi connectivity index (χ1) is 14.8. The number of rotatable bonds is 8. The summed E-state index contributed by atoms with van der Waals surface area (Å²) in [7, 11) is 0. The Kier molecular flexibility index (Phi) is 7.33. The zero-order valence-electron chi connectivity index (χ0n) is 17.7. The second kappa shape index (κ2) is 9.96. The lowest BCUT2D eigenvalue weighted by molar-refractivity contribution is -0.144. The van der Waals surface area contributed by atoms with Gasteiger partial charge in [-0.15, -0.1) is 11.3 Å². The van der Waals surface area contributed by atoms with Gasteiger partial charge in [0.15, 0.2) is 11.6 Å². The van der Waals surface area contributed by atoms with Crippen LogP contribution in [0.5, 0.6) is 0 Å². The van der Waals surface area contributed by atoms with Crippen LogP contribution in [-0.2, 0) is 20.9 Å². The average molecular weight is 447 g/mol. The molecule has 1 amide bonds. The highest BCUT2D eigenvalue weighted by Crippen LogP contribution is 2.29. The SMILES string of the molecule is CCOC(=O)CCC(=O)N(Cc1nc2c(F)c(F)ccc2s1)c1ccc(C(C)C)cc1. The van der Waals surface area contributed by atoms with Crippen molar-refractivity contribution in [3.05, 3.63) is 58.6 Å². The van der Waals surface area contributed by atoms with Crippen LogP contribution >= 0.6 is 11.3 Å². The zero-order valence-corrected chi connectivity index (χ0v) is 18.5. The average Bonchev–Trinajstić information content (AvgIpc) is 3.17. The minimum absolute atomic E-state index is 0.0291. The minimum Gasteiger partial charge on any atom is -0.466 e. The van der Waals surface area contributed by atoms with E-state index in [1.807, 2.05) is 24.3 Å². The van der Waals surface area contributed by atoms with Crippen LogP contribution in [0, 0.1) is 11.6 Å². The summed E-state index contributed by atoms with van der Waals surface area (Å²) >= 11 is 1.20. The quantitative estimate of drug-likeness (QED) is 0.424. The van der Waals surface area contributed by atoms with Gasteiger partial charge in [-0.2, -0.15) is 0 Å². The molecule has 1 aromatic heterocycles. The first kappa shape index (κ1) is 22.8. The molecular weight excluding hydrogens is 422 g/mol. The molecule has 3 aromatic rings. The fourth-order valence-electron chi connectivity index (χ4n) is 3.13. The van der Waals surface area contributed by atoms with Crippen molar-refractivity contribution in [2.24, 2.45) is 0 Å². The summed E-state index contributed by atoms with van der Waals surface area (Å²) in [6, 6.07) is 10.1. The molecular formula is C23H24F2N2O3S. The maximum atomic E-state index is 14.1. The van der Waals surface area contributed by atoms with E-state index in [0.29, 0.717) is 21.3 Å². The van der Waals surface area contributed by atoms with Crippen LogP contribution in [0.3, 0.4) is 0 Å². The van der Waals surface area contributed by atoms with E-state index in [1.165, 1.54) is 22.3 Å².